The van der Waals surface area contributed by atoms with E-state index in [0.29, 0.717) is 0 Å². The molecule has 0 spiro atoms. The summed E-state index contributed by atoms with van der Waals surface area (Å²) in [5.74, 6) is 0.785. The van der Waals surface area contributed by atoms with E-state index >= 15 is 0 Å². The van der Waals surface area contributed by atoms with Gasteiger partial charge in [-0.15, -0.1) is 0 Å². The van der Waals surface area contributed by atoms with E-state index in [4.69, 9.17) is 0 Å². The van der Waals surface area contributed by atoms with Crippen molar-refractivity contribution in [2.45, 2.75) is 46.0 Å². The lowest BCUT2D eigenvalue weighted by Gasteiger charge is -2.17. The van der Waals surface area contributed by atoms with Crippen molar-refractivity contribution >= 4 is 0 Å². The summed E-state index contributed by atoms with van der Waals surface area (Å²) in [6, 6.07) is 8.78. The zero-order valence-electron chi connectivity index (χ0n) is 11.6. The Bertz CT molecular complexity index is 306. The Morgan fingerprint density at radius 2 is 1.94 bits per heavy atom. The predicted octanol–water partition coefficient (Wildman–Crippen LogP) is 3.95. The molecule has 1 atom stereocenters. The van der Waals surface area contributed by atoms with Crippen LogP contribution in [0.25, 0.3) is 0 Å². The van der Waals surface area contributed by atoms with Crippen LogP contribution in [0.5, 0.6) is 0 Å². The van der Waals surface area contributed by atoms with Gasteiger partial charge >= 0.3 is 0 Å². The smallest absolute Gasteiger partial charge is 0.00203 e. The minimum Gasteiger partial charge on any atom is -0.319 e. The van der Waals surface area contributed by atoms with Gasteiger partial charge in [0.05, 0.1) is 0 Å². The molecule has 0 aliphatic rings. The van der Waals surface area contributed by atoms with Crippen molar-refractivity contribution < 1.29 is 0 Å². The zero-order valence-corrected chi connectivity index (χ0v) is 11.6. The molecular formula is C16H27N. The van der Waals surface area contributed by atoms with Crippen molar-refractivity contribution in [3.63, 3.8) is 0 Å². The van der Waals surface area contributed by atoms with Crippen molar-refractivity contribution in [1.29, 1.82) is 0 Å². The minimum absolute atomic E-state index is 0.785. The zero-order chi connectivity index (χ0) is 12.5. The van der Waals surface area contributed by atoms with E-state index in [2.05, 4.69) is 50.5 Å². The summed E-state index contributed by atoms with van der Waals surface area (Å²) in [7, 11) is 2.06. The van der Waals surface area contributed by atoms with Crippen molar-refractivity contribution in [3.05, 3.63) is 35.4 Å². The molecule has 1 N–H and O–H groups in total. The Labute approximate surface area is 107 Å². The Hall–Kier alpha value is -0.820. The van der Waals surface area contributed by atoms with Gasteiger partial charge in [-0.25, -0.2) is 0 Å². The number of nitrogens with one attached hydrogen (secondary N) is 1. The van der Waals surface area contributed by atoms with E-state index < -0.39 is 0 Å². The van der Waals surface area contributed by atoms with Gasteiger partial charge in [-0.2, -0.15) is 0 Å². The van der Waals surface area contributed by atoms with Crippen LogP contribution in [0, 0.1) is 12.8 Å². The number of hydrogen-bond acceptors (Lipinski definition) is 1. The largest absolute Gasteiger partial charge is 0.319 e. The van der Waals surface area contributed by atoms with Gasteiger partial charge in [0.2, 0.25) is 0 Å². The van der Waals surface area contributed by atoms with E-state index in [1.54, 1.807) is 0 Å². The first-order valence-electron chi connectivity index (χ1n) is 6.97. The molecule has 0 bridgehead atoms. The first-order chi connectivity index (χ1) is 8.27. The molecule has 1 aromatic rings. The molecule has 0 aliphatic heterocycles. The Morgan fingerprint density at radius 3 is 2.59 bits per heavy atom. The predicted molar refractivity (Wildman–Crippen MR) is 76.4 cm³/mol. The minimum atomic E-state index is 0.785. The Balaban J connectivity index is 2.50. The van der Waals surface area contributed by atoms with Crippen LogP contribution >= 0.6 is 0 Å². The molecule has 0 fully saturated rings. The lowest BCUT2D eigenvalue weighted by Crippen LogP contribution is -2.21. The van der Waals surface area contributed by atoms with Crippen molar-refractivity contribution in [3.8, 4) is 0 Å². The number of benzene rings is 1. The summed E-state index contributed by atoms with van der Waals surface area (Å²) in [6.07, 6.45) is 6.62. The molecule has 0 aromatic heterocycles. The molecule has 0 amide bonds. The van der Waals surface area contributed by atoms with E-state index in [-0.39, 0.29) is 0 Å². The summed E-state index contributed by atoms with van der Waals surface area (Å²) >= 11 is 0. The highest BCUT2D eigenvalue weighted by molar-refractivity contribution is 5.25. The van der Waals surface area contributed by atoms with Gasteiger partial charge in [-0.1, -0.05) is 50.5 Å². The summed E-state index contributed by atoms with van der Waals surface area (Å²) in [5, 5.41) is 3.33. The highest BCUT2D eigenvalue weighted by Crippen LogP contribution is 2.18. The monoisotopic (exact) mass is 233 g/mol. The Morgan fingerprint density at radius 1 is 1.18 bits per heavy atom. The summed E-state index contributed by atoms with van der Waals surface area (Å²) in [4.78, 5) is 0. The van der Waals surface area contributed by atoms with Crippen LogP contribution in [0.4, 0.5) is 0 Å². The van der Waals surface area contributed by atoms with Crippen LogP contribution in [-0.2, 0) is 6.42 Å². The van der Waals surface area contributed by atoms with Crippen molar-refractivity contribution in [2.75, 3.05) is 13.6 Å². The van der Waals surface area contributed by atoms with Crippen LogP contribution in [0.15, 0.2) is 24.3 Å². The molecule has 1 unspecified atom stereocenters. The number of hydrogen-bond donors (Lipinski definition) is 1. The summed E-state index contributed by atoms with van der Waals surface area (Å²) in [6.45, 7) is 5.63. The first-order valence-corrected chi connectivity index (χ1v) is 6.97. The maximum atomic E-state index is 3.33. The van der Waals surface area contributed by atoms with E-state index in [1.165, 1.54) is 43.2 Å². The fourth-order valence-electron chi connectivity index (χ4n) is 2.40. The van der Waals surface area contributed by atoms with Gasteiger partial charge < -0.3 is 5.32 Å². The van der Waals surface area contributed by atoms with Crippen molar-refractivity contribution in [1.82, 2.24) is 5.32 Å². The second-order valence-electron chi connectivity index (χ2n) is 5.05. The van der Waals surface area contributed by atoms with Gasteiger partial charge in [0.15, 0.2) is 0 Å². The molecule has 96 valence electrons. The molecule has 1 rings (SSSR count). The standard InChI is InChI=1S/C16H27N/c1-4-5-6-10-15(13-17-3)12-16-11-8-7-9-14(16)2/h7-9,11,15,17H,4-6,10,12-13H2,1-3H3. The number of unbranched alkanes of at least 4 members (excludes halogenated alkanes) is 2. The normalized spacial score (nSPS) is 12.6. The topological polar surface area (TPSA) is 12.0 Å². The van der Waals surface area contributed by atoms with Crippen LogP contribution in [0.2, 0.25) is 0 Å². The molecule has 0 aliphatic carbocycles. The van der Waals surface area contributed by atoms with Gasteiger partial charge in [0, 0.05) is 0 Å². The quantitative estimate of drug-likeness (QED) is 0.670. The second kappa shape index (κ2) is 8.30. The maximum Gasteiger partial charge on any atom is -0.00203 e. The molecule has 1 aromatic carbocycles. The summed E-state index contributed by atoms with van der Waals surface area (Å²) < 4.78 is 0. The third-order valence-electron chi connectivity index (χ3n) is 3.48. The molecule has 1 heteroatoms. The lowest BCUT2D eigenvalue weighted by atomic mass is 9.92. The molecule has 0 saturated heterocycles. The SMILES string of the molecule is CCCCCC(CNC)Cc1ccccc1C. The molecular weight excluding hydrogens is 206 g/mol. The average Bonchev–Trinajstić information content (AvgIpc) is 2.32. The van der Waals surface area contributed by atoms with Crippen LogP contribution in [-0.4, -0.2) is 13.6 Å². The van der Waals surface area contributed by atoms with E-state index in [1.807, 2.05) is 0 Å². The fraction of sp³-hybridized carbons (Fsp3) is 0.625. The van der Waals surface area contributed by atoms with Crippen LogP contribution < -0.4 is 5.32 Å². The Kier molecular flexibility index (Phi) is 6.95. The van der Waals surface area contributed by atoms with Crippen LogP contribution in [0.1, 0.15) is 43.7 Å². The van der Waals surface area contributed by atoms with Gasteiger partial charge in [0.1, 0.15) is 0 Å². The van der Waals surface area contributed by atoms with Gasteiger partial charge in [0.25, 0.3) is 0 Å². The molecule has 0 radical (unpaired) electrons. The molecule has 0 saturated carbocycles. The van der Waals surface area contributed by atoms with E-state index in [0.717, 1.165) is 12.5 Å². The average molecular weight is 233 g/mol. The van der Waals surface area contributed by atoms with Crippen molar-refractivity contribution in [2.24, 2.45) is 5.92 Å². The van der Waals surface area contributed by atoms with Gasteiger partial charge in [-0.05, 0) is 50.4 Å². The maximum absolute atomic E-state index is 3.33. The van der Waals surface area contributed by atoms with Crippen LogP contribution in [0.3, 0.4) is 0 Å². The van der Waals surface area contributed by atoms with E-state index in [9.17, 15) is 0 Å². The van der Waals surface area contributed by atoms with Gasteiger partial charge in [-0.3, -0.25) is 0 Å². The molecule has 1 nitrogen and oxygen atoms in total. The highest BCUT2D eigenvalue weighted by Gasteiger charge is 2.09. The molecule has 17 heavy (non-hydrogen) atoms. The third kappa shape index (κ3) is 5.36. The first kappa shape index (κ1) is 14.2. The third-order valence-corrected chi connectivity index (χ3v) is 3.48. The lowest BCUT2D eigenvalue weighted by molar-refractivity contribution is 0.437. The number of rotatable bonds is 8. The fourth-order valence-corrected chi connectivity index (χ4v) is 2.40. The number of aryl methyl sites for hydroxylation is 1. The molecule has 0 heterocycles. The second-order valence-corrected chi connectivity index (χ2v) is 5.05. The highest BCUT2D eigenvalue weighted by atomic mass is 14.8. The summed E-state index contributed by atoms with van der Waals surface area (Å²) in [5.41, 5.74) is 2.95.